The van der Waals surface area contributed by atoms with E-state index < -0.39 is 30.3 Å². The predicted octanol–water partition coefficient (Wildman–Crippen LogP) is 11.0. The third-order valence-electron chi connectivity index (χ3n) is 16.9. The number of aromatic amines is 3. The summed E-state index contributed by atoms with van der Waals surface area (Å²) >= 11 is 19.5. The maximum Gasteiger partial charge on any atom is 0.408 e. The molecule has 0 bridgehead atoms. The number of hydrogen-bond acceptors (Lipinski definition) is 21. The highest BCUT2D eigenvalue weighted by molar-refractivity contribution is 6.39. The molecule has 0 radical (unpaired) electrons. The number of H-pyrrole nitrogens is 3. The first kappa shape index (κ1) is 73.3. The number of alkyl halides is 3. The number of anilines is 7. The highest BCUT2D eigenvalue weighted by atomic mass is 35.5. The largest absolute Gasteiger partial charge is 0.493 e. The number of aromatic nitrogens is 15. The average molecular weight is 1500 g/mol. The molecule has 105 heavy (non-hydrogen) atoms. The Morgan fingerprint density at radius 2 is 1.01 bits per heavy atom. The average Bonchev–Trinajstić information content (AvgIpc) is 1.74. The molecule has 1 aliphatic heterocycles. The van der Waals surface area contributed by atoms with Gasteiger partial charge in [0.15, 0.2) is 53.7 Å². The molecule has 36 heteroatoms. The lowest BCUT2D eigenvalue weighted by Gasteiger charge is -2.31. The highest BCUT2D eigenvalue weighted by Gasteiger charge is 2.40. The van der Waals surface area contributed by atoms with Crippen molar-refractivity contribution in [1.29, 1.82) is 0 Å². The van der Waals surface area contributed by atoms with Crippen molar-refractivity contribution in [3.63, 3.8) is 0 Å². The van der Waals surface area contributed by atoms with Crippen LogP contribution in [0, 0.1) is 0 Å². The zero-order valence-electron chi connectivity index (χ0n) is 57.8. The number of carbonyl (C=O) groups excluding carboxylic acids is 3. The molecule has 1 fully saturated rings. The first-order chi connectivity index (χ1) is 50.3. The molecule has 14 rings (SSSR count). The number of carbonyl (C=O) groups is 3. The van der Waals surface area contributed by atoms with Gasteiger partial charge in [-0.25, -0.2) is 14.0 Å². The zero-order chi connectivity index (χ0) is 74.4. The number of nitrogens with zero attached hydrogens (tertiary/aromatic N) is 13. The van der Waals surface area contributed by atoms with Gasteiger partial charge in [0.25, 0.3) is 11.8 Å². The van der Waals surface area contributed by atoms with Crippen LogP contribution in [0.5, 0.6) is 23.0 Å². The third-order valence-corrected chi connectivity index (χ3v) is 18.1. The zero-order valence-corrected chi connectivity index (χ0v) is 60.1. The lowest BCUT2D eigenvalue weighted by molar-refractivity contribution is -0.158. The number of aliphatic hydroxyl groups is 1. The van der Waals surface area contributed by atoms with Gasteiger partial charge >= 0.3 is 6.18 Å². The van der Waals surface area contributed by atoms with Gasteiger partial charge in [-0.15, -0.1) is 15.3 Å². The van der Waals surface area contributed by atoms with Gasteiger partial charge in [0.05, 0.1) is 93.6 Å². The summed E-state index contributed by atoms with van der Waals surface area (Å²) in [6.45, 7) is 5.45. The summed E-state index contributed by atoms with van der Waals surface area (Å²) < 4.78 is 64.4. The Hall–Kier alpha value is -11.4. The third kappa shape index (κ3) is 17.3. The minimum absolute atomic E-state index is 0.0429. The van der Waals surface area contributed by atoms with Crippen molar-refractivity contribution in [2.45, 2.75) is 70.3 Å². The van der Waals surface area contributed by atoms with Crippen molar-refractivity contribution in [2.75, 3.05) is 67.9 Å². The summed E-state index contributed by atoms with van der Waals surface area (Å²) in [7, 11) is 8.23. The van der Waals surface area contributed by atoms with Crippen LogP contribution < -0.4 is 55.7 Å². The van der Waals surface area contributed by atoms with Crippen molar-refractivity contribution in [3.8, 4) is 57.2 Å². The van der Waals surface area contributed by atoms with Crippen molar-refractivity contribution in [2.24, 2.45) is 21.1 Å². The van der Waals surface area contributed by atoms with E-state index in [1.54, 1.807) is 78.4 Å². The second kappa shape index (κ2) is 31.3. The van der Waals surface area contributed by atoms with Gasteiger partial charge in [0.2, 0.25) is 23.8 Å². The van der Waals surface area contributed by atoms with E-state index in [9.17, 15) is 32.7 Å². The Morgan fingerprint density at radius 1 is 0.581 bits per heavy atom. The molecule has 10 N–H and O–H groups in total. The number of ether oxygens (including phenoxy) is 4. The van der Waals surface area contributed by atoms with Gasteiger partial charge in [-0.1, -0.05) is 34.8 Å². The number of amides is 3. The van der Waals surface area contributed by atoms with Gasteiger partial charge in [0.1, 0.15) is 6.04 Å². The van der Waals surface area contributed by atoms with Crippen LogP contribution >= 0.6 is 34.8 Å². The molecule has 1 aliphatic carbocycles. The normalized spacial score (nSPS) is 13.3. The van der Waals surface area contributed by atoms with Crippen LogP contribution in [-0.2, 0) is 41.9 Å². The number of aryl methyl sites for hydroxylation is 4. The van der Waals surface area contributed by atoms with E-state index in [4.69, 9.17) is 58.7 Å². The lowest BCUT2D eigenvalue weighted by Crippen LogP contribution is -2.44. The molecule has 1 atom stereocenters. The second-order valence-corrected chi connectivity index (χ2v) is 26.2. The van der Waals surface area contributed by atoms with Crippen LogP contribution in [0.25, 0.3) is 66.9 Å². The number of benzene rings is 6. The summed E-state index contributed by atoms with van der Waals surface area (Å²) in [6, 6.07) is 25.5. The van der Waals surface area contributed by atoms with Crippen LogP contribution in [0.4, 0.5) is 53.8 Å². The molecule has 30 nitrogen and oxygen atoms in total. The van der Waals surface area contributed by atoms with Crippen LogP contribution in [0.1, 0.15) is 45.6 Å². The Labute approximate surface area is 612 Å². The maximum atomic E-state index is 12.6. The number of fused-ring (bicyclic) bond motifs is 4. The number of methoxy groups -OCH3 is 2. The second-order valence-electron chi connectivity index (χ2n) is 25.0. The molecule has 1 saturated carbocycles. The molecule has 6 aromatic carbocycles. The first-order valence-corrected chi connectivity index (χ1v) is 34.0. The van der Waals surface area contributed by atoms with Gasteiger partial charge in [-0.3, -0.25) is 29.7 Å². The molecule has 0 saturated heterocycles. The molecule has 12 aromatic rings. The van der Waals surface area contributed by atoms with E-state index in [-0.39, 0.29) is 42.5 Å². The fraction of sp³-hybridized carbons (Fsp3) is 0.304. The van der Waals surface area contributed by atoms with Crippen molar-refractivity contribution < 1.29 is 51.6 Å². The Morgan fingerprint density at radius 3 is 1.43 bits per heavy atom. The van der Waals surface area contributed by atoms with Crippen molar-refractivity contribution in [3.05, 3.63) is 130 Å². The van der Waals surface area contributed by atoms with Crippen LogP contribution in [0.2, 0.25) is 15.1 Å². The molecule has 1 unspecified atom stereocenters. The summed E-state index contributed by atoms with van der Waals surface area (Å²) in [5.74, 6) is 3.04. The standard InChI is InChI=1S/C24H27ClN8O.C23H24ClN7O4.C22H21ClF3N7O3/c1-14(2)27-21(34)13-33-10-4-5-15-11-16(6-9-20(15)33)23-29-24(32(3)31-23)28-19-8-7-18-17(22(19)25)12-26-30-18;1-31-22(27-16-5-4-15-14(20(16)24)10-26-29-15)28-21(30-31)13-3-6-17(18(9-13)34-2)35-11-19(32)25-12-23(33)7-8-23;1-11(22(24,25)26)28-18(34)10-36-16-7-4-12(8-17(16)35-3)20-30-21(33(2)32-20)29-15-6-5-14-13(19(15)23)9-27-31-14/h6-9,11-12,14H,4-5,10,13H2,1-3H3,(H,26,30)(H,27,34)(H,28,29,31);3-6,9-10,33H,7-8,11-12H2,1-2H3,(H,25,32)(H,26,29)(H,27,28,30);4-9,11H,10H2,1-3H3,(H,27,31)(H,28,34)(H,29,30,32). The number of halogens is 6. The maximum absolute atomic E-state index is 12.6. The number of nitrogens with one attached hydrogen (secondary N) is 9. The summed E-state index contributed by atoms with van der Waals surface area (Å²) in [4.78, 5) is 52.1. The Balaban J connectivity index is 0.000000148. The minimum atomic E-state index is -4.55. The fourth-order valence-electron chi connectivity index (χ4n) is 11.1. The van der Waals surface area contributed by atoms with Crippen molar-refractivity contribution in [1.82, 2.24) is 90.8 Å². The summed E-state index contributed by atoms with van der Waals surface area (Å²) in [5, 5.41) is 65.1. The number of hydrogen-bond donors (Lipinski definition) is 10. The Bertz CT molecular complexity index is 5160. The van der Waals surface area contributed by atoms with Gasteiger partial charge in [0, 0.05) is 78.8 Å². The van der Waals surface area contributed by atoms with Gasteiger partial charge in [-0.05, 0) is 143 Å². The van der Waals surface area contributed by atoms with E-state index in [0.717, 1.165) is 76.0 Å². The molecule has 6 aromatic heterocycles. The molecule has 3 amide bonds. The SMILES string of the molecule is CC(C)NC(=O)CN1CCCc2cc(-c3nc(Nc4ccc5[nH]ncc5c4Cl)n(C)n3)ccc21.COc1cc(-c2nc(Nc3ccc4[nH]ncc4c3Cl)n(C)n2)ccc1OCC(=O)NC(C)C(F)(F)F.COc1cc(-c2nc(Nc3ccc4[nH]ncc4c3Cl)n(C)n2)ccc1OCC(=O)NCC1(O)CC1. The summed E-state index contributed by atoms with van der Waals surface area (Å²) in [5.41, 5.74) is 8.31. The molecule has 548 valence electrons. The van der Waals surface area contributed by atoms with E-state index in [0.29, 0.717) is 104 Å². The van der Waals surface area contributed by atoms with Crippen LogP contribution in [-0.4, -0.2) is 169 Å². The quantitative estimate of drug-likeness (QED) is 0.0284. The fourth-order valence-corrected chi connectivity index (χ4v) is 11.9. The topological polar surface area (TPSA) is 362 Å². The molecular formula is C69H72Cl3F3N22O8. The van der Waals surface area contributed by atoms with Gasteiger partial charge in [-0.2, -0.15) is 43.4 Å². The first-order valence-electron chi connectivity index (χ1n) is 32.8. The minimum Gasteiger partial charge on any atom is -0.493 e. The number of rotatable bonds is 23. The van der Waals surface area contributed by atoms with Gasteiger partial charge < -0.3 is 60.9 Å². The Kier molecular flexibility index (Phi) is 21.8. The molecule has 7 heterocycles. The molecular weight excluding hydrogens is 1430 g/mol. The lowest BCUT2D eigenvalue weighted by atomic mass is 9.99. The molecule has 0 spiro atoms. The summed E-state index contributed by atoms with van der Waals surface area (Å²) in [6.07, 6.45) is 3.82. The highest BCUT2D eigenvalue weighted by Crippen LogP contribution is 2.39. The predicted molar refractivity (Wildman–Crippen MR) is 391 cm³/mol. The van der Waals surface area contributed by atoms with E-state index in [2.05, 4.69) is 99.5 Å². The van der Waals surface area contributed by atoms with E-state index in [1.165, 1.54) is 30.5 Å². The monoisotopic (exact) mass is 1500 g/mol. The van der Waals surface area contributed by atoms with Crippen molar-refractivity contribution >= 4 is 126 Å². The van der Waals surface area contributed by atoms with E-state index in [1.807, 2.05) is 62.6 Å². The molecule has 2 aliphatic rings. The van der Waals surface area contributed by atoms with E-state index >= 15 is 0 Å². The van der Waals surface area contributed by atoms with Crippen LogP contribution in [0.15, 0.2) is 110 Å². The van der Waals surface area contributed by atoms with Crippen LogP contribution in [0.3, 0.4) is 0 Å². The smallest absolute Gasteiger partial charge is 0.408 e.